The highest BCUT2D eigenvalue weighted by molar-refractivity contribution is 8.16. The highest BCUT2D eigenvalue weighted by atomic mass is 32.2. The fourth-order valence-electron chi connectivity index (χ4n) is 3.94. The largest absolute Gasteiger partial charge is 0.496 e. The lowest BCUT2D eigenvalue weighted by Gasteiger charge is -2.38. The third kappa shape index (κ3) is 4.49. The second-order valence-electron chi connectivity index (χ2n) is 7.24. The monoisotopic (exact) mass is 442 g/mol. The van der Waals surface area contributed by atoms with Crippen LogP contribution in [0.3, 0.4) is 0 Å². The number of ether oxygens (including phenoxy) is 1. The van der Waals surface area contributed by atoms with Gasteiger partial charge in [-0.25, -0.2) is 4.99 Å². The topological polar surface area (TPSA) is 74.2 Å². The van der Waals surface area contributed by atoms with Gasteiger partial charge in [-0.1, -0.05) is 30.0 Å². The number of carbonyl (C=O) groups excluding carboxylic acids is 2. The number of aliphatic imine (C=N–C) groups is 1. The van der Waals surface area contributed by atoms with E-state index in [9.17, 15) is 9.59 Å². The van der Waals surface area contributed by atoms with Crippen molar-refractivity contribution < 1.29 is 14.3 Å². The molecule has 0 bridgehead atoms. The lowest BCUT2D eigenvalue weighted by Crippen LogP contribution is -2.42. The molecule has 1 aromatic carbocycles. The molecule has 7 nitrogen and oxygen atoms in total. The molecule has 166 valence electrons. The first kappa shape index (κ1) is 22.9. The minimum atomic E-state index is -0.424. The minimum absolute atomic E-state index is 0.0459. The first-order valence-electron chi connectivity index (χ1n) is 10.6. The van der Waals surface area contributed by atoms with Crippen molar-refractivity contribution >= 4 is 28.7 Å². The van der Waals surface area contributed by atoms with E-state index in [4.69, 9.17) is 9.73 Å². The zero-order valence-corrected chi connectivity index (χ0v) is 19.6. The number of likely N-dealkylation sites (N-methyl/N-ethyl adjacent to an activating group) is 1. The number of benzene rings is 1. The van der Waals surface area contributed by atoms with Gasteiger partial charge in [0.25, 0.3) is 5.91 Å². The molecule has 0 saturated heterocycles. The molecule has 2 aliphatic heterocycles. The van der Waals surface area contributed by atoms with Crippen molar-refractivity contribution in [3.8, 4) is 5.75 Å². The summed E-state index contributed by atoms with van der Waals surface area (Å²) >= 11 is 1.48. The summed E-state index contributed by atoms with van der Waals surface area (Å²) in [5.74, 6) is 0.591. The van der Waals surface area contributed by atoms with Gasteiger partial charge in [-0.15, -0.1) is 0 Å². The molecule has 8 heteroatoms. The van der Waals surface area contributed by atoms with E-state index in [1.54, 1.807) is 12.0 Å². The fraction of sp³-hybridized carbons (Fsp3) is 0.435. The molecule has 2 aliphatic rings. The SMILES string of the molecule is CCNC(=O)CC1=CSC2=NC(C)=C(C(=O)N(CC)CC)C(c3ccccc3OC)N12. The number of allylic oxidation sites excluding steroid dienone is 1. The van der Waals surface area contributed by atoms with Gasteiger partial charge in [0.15, 0.2) is 5.17 Å². The zero-order valence-electron chi connectivity index (χ0n) is 18.8. The Morgan fingerprint density at radius 1 is 1.23 bits per heavy atom. The number of rotatable bonds is 8. The molecule has 31 heavy (non-hydrogen) atoms. The normalized spacial score (nSPS) is 17.7. The van der Waals surface area contributed by atoms with E-state index in [0.29, 0.717) is 36.7 Å². The number of nitrogens with one attached hydrogen (secondary N) is 1. The molecule has 0 aromatic heterocycles. The van der Waals surface area contributed by atoms with Crippen LogP contribution in [0.4, 0.5) is 0 Å². The quantitative estimate of drug-likeness (QED) is 0.665. The third-order valence-electron chi connectivity index (χ3n) is 5.43. The molecule has 2 heterocycles. The van der Waals surface area contributed by atoms with Gasteiger partial charge in [0.1, 0.15) is 5.75 Å². The fourth-order valence-corrected chi connectivity index (χ4v) is 4.90. The molecule has 1 unspecified atom stereocenters. The van der Waals surface area contributed by atoms with E-state index in [-0.39, 0.29) is 18.2 Å². The molecular weight excluding hydrogens is 412 g/mol. The molecule has 0 spiro atoms. The summed E-state index contributed by atoms with van der Waals surface area (Å²) in [6.45, 7) is 9.51. The molecule has 0 saturated carbocycles. The van der Waals surface area contributed by atoms with Crippen molar-refractivity contribution in [2.45, 2.75) is 40.2 Å². The zero-order chi connectivity index (χ0) is 22.5. The number of thioether (sulfide) groups is 1. The van der Waals surface area contributed by atoms with E-state index >= 15 is 0 Å². The standard InChI is InChI=1S/C23H30N4O3S/c1-6-24-19(28)13-16-14-31-23-25-15(4)20(22(29)26(7-2)8-3)21(27(16)23)17-11-9-10-12-18(17)30-5/h9-12,14,21H,6-8,13H2,1-5H3,(H,24,28). The first-order chi connectivity index (χ1) is 15.0. The molecule has 3 rings (SSSR count). The molecule has 1 aromatic rings. The van der Waals surface area contributed by atoms with Crippen molar-refractivity contribution in [3.05, 3.63) is 52.2 Å². The van der Waals surface area contributed by atoms with Gasteiger partial charge >= 0.3 is 0 Å². The second-order valence-corrected chi connectivity index (χ2v) is 8.08. The van der Waals surface area contributed by atoms with Crippen molar-refractivity contribution in [1.82, 2.24) is 15.1 Å². The predicted molar refractivity (Wildman–Crippen MR) is 125 cm³/mol. The van der Waals surface area contributed by atoms with E-state index in [0.717, 1.165) is 16.4 Å². The van der Waals surface area contributed by atoms with Gasteiger partial charge in [0.2, 0.25) is 5.91 Å². The molecule has 2 amide bonds. The minimum Gasteiger partial charge on any atom is -0.496 e. The van der Waals surface area contributed by atoms with Crippen LogP contribution >= 0.6 is 11.8 Å². The number of nitrogens with zero attached hydrogens (tertiary/aromatic N) is 3. The van der Waals surface area contributed by atoms with Crippen LogP contribution in [0.2, 0.25) is 0 Å². The highest BCUT2D eigenvalue weighted by Crippen LogP contribution is 2.47. The van der Waals surface area contributed by atoms with Crippen LogP contribution in [-0.2, 0) is 9.59 Å². The number of amides is 2. The Labute approximate surface area is 188 Å². The molecular formula is C23H30N4O3S. The van der Waals surface area contributed by atoms with Crippen molar-refractivity contribution in [1.29, 1.82) is 0 Å². The molecule has 0 radical (unpaired) electrons. The Hall–Kier alpha value is -2.74. The van der Waals surface area contributed by atoms with E-state index in [2.05, 4.69) is 5.32 Å². The van der Waals surface area contributed by atoms with Crippen LogP contribution in [0.1, 0.15) is 45.7 Å². The highest BCUT2D eigenvalue weighted by Gasteiger charge is 2.42. The number of fused-ring (bicyclic) bond motifs is 1. The Bertz CT molecular complexity index is 950. The number of para-hydroxylation sites is 1. The summed E-state index contributed by atoms with van der Waals surface area (Å²) in [5.41, 5.74) is 3.00. The third-order valence-corrected chi connectivity index (χ3v) is 6.32. The average Bonchev–Trinajstić information content (AvgIpc) is 3.15. The maximum atomic E-state index is 13.6. The Balaban J connectivity index is 2.14. The Morgan fingerprint density at radius 2 is 1.94 bits per heavy atom. The number of amidine groups is 1. The van der Waals surface area contributed by atoms with Crippen LogP contribution in [0.5, 0.6) is 5.75 Å². The molecule has 1 atom stereocenters. The summed E-state index contributed by atoms with van der Waals surface area (Å²) in [4.78, 5) is 34.5. The van der Waals surface area contributed by atoms with Crippen LogP contribution in [-0.4, -0.2) is 53.5 Å². The summed E-state index contributed by atoms with van der Waals surface area (Å²) in [5, 5.41) is 5.58. The maximum absolute atomic E-state index is 13.6. The van der Waals surface area contributed by atoms with Gasteiger partial charge in [-0.05, 0) is 39.2 Å². The van der Waals surface area contributed by atoms with Crippen molar-refractivity contribution in [3.63, 3.8) is 0 Å². The van der Waals surface area contributed by atoms with Crippen LogP contribution < -0.4 is 10.1 Å². The summed E-state index contributed by atoms with van der Waals surface area (Å²) in [6, 6.07) is 7.29. The van der Waals surface area contributed by atoms with E-state index < -0.39 is 6.04 Å². The van der Waals surface area contributed by atoms with Gasteiger partial charge in [0, 0.05) is 30.9 Å². The van der Waals surface area contributed by atoms with Crippen molar-refractivity contribution in [2.24, 2.45) is 4.99 Å². The number of carbonyl (C=O) groups is 2. The van der Waals surface area contributed by atoms with Gasteiger partial charge in [-0.3, -0.25) is 9.59 Å². The smallest absolute Gasteiger partial charge is 0.254 e. The maximum Gasteiger partial charge on any atom is 0.254 e. The predicted octanol–water partition coefficient (Wildman–Crippen LogP) is 3.66. The number of hydrogen-bond acceptors (Lipinski definition) is 6. The Morgan fingerprint density at radius 3 is 2.58 bits per heavy atom. The van der Waals surface area contributed by atoms with E-state index in [1.807, 2.05) is 62.3 Å². The van der Waals surface area contributed by atoms with Gasteiger partial charge in [0.05, 0.1) is 30.8 Å². The average molecular weight is 443 g/mol. The lowest BCUT2D eigenvalue weighted by molar-refractivity contribution is -0.127. The lowest BCUT2D eigenvalue weighted by atomic mass is 9.92. The van der Waals surface area contributed by atoms with Crippen LogP contribution in [0.15, 0.2) is 51.6 Å². The summed E-state index contributed by atoms with van der Waals surface area (Å²) < 4.78 is 5.66. The van der Waals surface area contributed by atoms with Gasteiger partial charge < -0.3 is 19.9 Å². The molecule has 1 N–H and O–H groups in total. The van der Waals surface area contributed by atoms with E-state index in [1.165, 1.54) is 11.8 Å². The van der Waals surface area contributed by atoms with Crippen LogP contribution in [0.25, 0.3) is 0 Å². The summed E-state index contributed by atoms with van der Waals surface area (Å²) in [7, 11) is 1.63. The number of methoxy groups -OCH3 is 1. The number of hydrogen-bond donors (Lipinski definition) is 1. The van der Waals surface area contributed by atoms with Gasteiger partial charge in [-0.2, -0.15) is 0 Å². The Kier molecular flexibility index (Phi) is 7.43. The molecule has 0 fully saturated rings. The van der Waals surface area contributed by atoms with Crippen LogP contribution in [0, 0.1) is 0 Å². The van der Waals surface area contributed by atoms with Crippen molar-refractivity contribution in [2.75, 3.05) is 26.7 Å². The second kappa shape index (κ2) is 10.0. The summed E-state index contributed by atoms with van der Waals surface area (Å²) in [6.07, 6.45) is 0.220. The first-order valence-corrected chi connectivity index (χ1v) is 11.5. The molecule has 0 aliphatic carbocycles.